The van der Waals surface area contributed by atoms with E-state index >= 15 is 0 Å². The average Bonchev–Trinajstić information content (AvgIpc) is 2.17. The van der Waals surface area contributed by atoms with Gasteiger partial charge in [0, 0.05) is 5.69 Å². The Kier molecular flexibility index (Phi) is 2.96. The molecule has 0 fully saturated rings. The summed E-state index contributed by atoms with van der Waals surface area (Å²) < 4.78 is 24.7. The van der Waals surface area contributed by atoms with Gasteiger partial charge in [0.15, 0.2) is 0 Å². The van der Waals surface area contributed by atoms with Gasteiger partial charge in [-0.2, -0.15) is 0 Å². The molecule has 0 heterocycles. The molecule has 6 nitrogen and oxygen atoms in total. The van der Waals surface area contributed by atoms with Crippen molar-refractivity contribution in [2.75, 3.05) is 12.8 Å². The molecule has 4 N–H and O–H groups in total. The summed E-state index contributed by atoms with van der Waals surface area (Å²) in [6, 6.07) is 3.45. The summed E-state index contributed by atoms with van der Waals surface area (Å²) in [6.45, 7) is 0. The Bertz CT molecular complexity index is 495. The molecule has 7 heteroatoms. The van der Waals surface area contributed by atoms with Crippen molar-refractivity contribution >= 4 is 21.7 Å². The van der Waals surface area contributed by atoms with Gasteiger partial charge >= 0.3 is 5.97 Å². The summed E-state index contributed by atoms with van der Waals surface area (Å²) in [5.41, 5.74) is 5.20. The third kappa shape index (κ3) is 2.25. The molecule has 0 radical (unpaired) electrons. The fourth-order valence-electron chi connectivity index (χ4n) is 1.02. The molecule has 0 atom stereocenters. The van der Waals surface area contributed by atoms with Gasteiger partial charge < -0.3 is 10.8 Å². The van der Waals surface area contributed by atoms with E-state index in [-0.39, 0.29) is 16.1 Å². The van der Waals surface area contributed by atoms with Gasteiger partial charge in [-0.25, -0.2) is 17.9 Å². The van der Waals surface area contributed by atoms with Gasteiger partial charge in [-0.05, 0) is 25.2 Å². The van der Waals surface area contributed by atoms with E-state index in [9.17, 15) is 13.2 Å². The predicted octanol–water partition coefficient (Wildman–Crippen LogP) is -0.125. The van der Waals surface area contributed by atoms with Gasteiger partial charge in [0.05, 0.1) is 10.5 Å². The second-order valence-corrected chi connectivity index (χ2v) is 4.65. The highest BCUT2D eigenvalue weighted by atomic mass is 32.2. The SMILES string of the molecule is CNS(=O)(=O)c1ccc(C(=O)O)c(N)c1. The minimum Gasteiger partial charge on any atom is -0.478 e. The Hall–Kier alpha value is -1.60. The molecule has 0 aliphatic heterocycles. The van der Waals surface area contributed by atoms with Crippen LogP contribution >= 0.6 is 0 Å². The van der Waals surface area contributed by atoms with E-state index in [1.165, 1.54) is 13.1 Å². The number of hydrogen-bond acceptors (Lipinski definition) is 4. The summed E-state index contributed by atoms with van der Waals surface area (Å²) >= 11 is 0. The van der Waals surface area contributed by atoms with Crippen LogP contribution in [0.5, 0.6) is 0 Å². The van der Waals surface area contributed by atoms with Crippen molar-refractivity contribution in [3.05, 3.63) is 23.8 Å². The molecule has 1 aromatic rings. The Morgan fingerprint density at radius 3 is 2.47 bits per heavy atom. The van der Waals surface area contributed by atoms with Crippen LogP contribution in [0.25, 0.3) is 0 Å². The van der Waals surface area contributed by atoms with E-state index in [2.05, 4.69) is 4.72 Å². The average molecular weight is 230 g/mol. The molecule has 0 bridgehead atoms. The van der Waals surface area contributed by atoms with Crippen molar-refractivity contribution in [2.24, 2.45) is 0 Å². The third-order valence-electron chi connectivity index (χ3n) is 1.83. The van der Waals surface area contributed by atoms with Crippen molar-refractivity contribution in [2.45, 2.75) is 4.90 Å². The fourth-order valence-corrected chi connectivity index (χ4v) is 1.79. The number of nitrogens with one attached hydrogen (secondary N) is 1. The highest BCUT2D eigenvalue weighted by Crippen LogP contribution is 2.17. The maximum atomic E-state index is 11.3. The lowest BCUT2D eigenvalue weighted by molar-refractivity contribution is 0.0698. The quantitative estimate of drug-likeness (QED) is 0.627. The molecule has 1 rings (SSSR count). The molecular formula is C8H10N2O4S. The van der Waals surface area contributed by atoms with Crippen molar-refractivity contribution in [3.63, 3.8) is 0 Å². The normalized spacial score (nSPS) is 11.3. The van der Waals surface area contributed by atoms with Crippen LogP contribution < -0.4 is 10.5 Å². The van der Waals surface area contributed by atoms with Crippen LogP contribution in [0.15, 0.2) is 23.1 Å². The molecule has 0 spiro atoms. The highest BCUT2D eigenvalue weighted by molar-refractivity contribution is 7.89. The number of benzene rings is 1. The van der Waals surface area contributed by atoms with Crippen LogP contribution in [0.4, 0.5) is 5.69 Å². The lowest BCUT2D eigenvalue weighted by Crippen LogP contribution is -2.19. The number of rotatable bonds is 3. The van der Waals surface area contributed by atoms with E-state index in [4.69, 9.17) is 10.8 Å². The standard InChI is InChI=1S/C8H10N2O4S/c1-10-15(13,14)5-2-3-6(8(11)12)7(9)4-5/h2-4,10H,9H2,1H3,(H,11,12). The Morgan fingerprint density at radius 1 is 1.47 bits per heavy atom. The molecule has 0 saturated heterocycles. The van der Waals surface area contributed by atoms with Gasteiger partial charge in [0.1, 0.15) is 0 Å². The molecule has 0 saturated carbocycles. The second-order valence-electron chi connectivity index (χ2n) is 2.76. The van der Waals surface area contributed by atoms with Gasteiger partial charge in [0.2, 0.25) is 10.0 Å². The first kappa shape index (κ1) is 11.5. The number of carboxylic acids is 1. The summed E-state index contributed by atoms with van der Waals surface area (Å²) in [5.74, 6) is -1.19. The molecule has 0 amide bonds. The smallest absolute Gasteiger partial charge is 0.337 e. The van der Waals surface area contributed by atoms with E-state index < -0.39 is 16.0 Å². The first-order chi connectivity index (χ1) is 6.88. The minimum absolute atomic E-state index is 0.0625. The molecule has 0 unspecified atom stereocenters. The maximum absolute atomic E-state index is 11.3. The zero-order valence-corrected chi connectivity index (χ0v) is 8.71. The summed E-state index contributed by atoms with van der Waals surface area (Å²) in [6.07, 6.45) is 0. The Balaban J connectivity index is 3.30. The number of hydrogen-bond donors (Lipinski definition) is 3. The summed E-state index contributed by atoms with van der Waals surface area (Å²) in [5, 5.41) is 8.67. The molecule has 15 heavy (non-hydrogen) atoms. The first-order valence-corrected chi connectivity index (χ1v) is 5.43. The van der Waals surface area contributed by atoms with Gasteiger partial charge in [-0.15, -0.1) is 0 Å². The molecule has 0 aliphatic carbocycles. The summed E-state index contributed by atoms with van der Waals surface area (Å²) in [4.78, 5) is 10.5. The monoisotopic (exact) mass is 230 g/mol. The number of aromatic carboxylic acids is 1. The number of carbonyl (C=O) groups is 1. The number of carboxylic acid groups (broad SMARTS) is 1. The fraction of sp³-hybridized carbons (Fsp3) is 0.125. The minimum atomic E-state index is -3.59. The summed E-state index contributed by atoms with van der Waals surface area (Å²) in [7, 11) is -2.33. The van der Waals surface area contributed by atoms with E-state index in [1.807, 2.05) is 0 Å². The lowest BCUT2D eigenvalue weighted by atomic mass is 10.2. The molecule has 82 valence electrons. The number of nitrogen functional groups attached to an aromatic ring is 1. The van der Waals surface area contributed by atoms with Crippen LogP contribution in [0, 0.1) is 0 Å². The van der Waals surface area contributed by atoms with Crippen LogP contribution in [0.2, 0.25) is 0 Å². The second kappa shape index (κ2) is 3.87. The largest absolute Gasteiger partial charge is 0.478 e. The molecule has 0 aliphatic rings. The maximum Gasteiger partial charge on any atom is 0.337 e. The van der Waals surface area contributed by atoms with Gasteiger partial charge in [-0.1, -0.05) is 0 Å². The number of anilines is 1. The zero-order valence-electron chi connectivity index (χ0n) is 7.89. The third-order valence-corrected chi connectivity index (χ3v) is 3.24. The van der Waals surface area contributed by atoms with E-state index in [0.717, 1.165) is 12.1 Å². The van der Waals surface area contributed by atoms with Crippen LogP contribution in [0.1, 0.15) is 10.4 Å². The number of sulfonamides is 1. The van der Waals surface area contributed by atoms with Crippen molar-refractivity contribution in [1.82, 2.24) is 4.72 Å². The van der Waals surface area contributed by atoms with Gasteiger partial charge in [0.25, 0.3) is 0 Å². The topological polar surface area (TPSA) is 109 Å². The van der Waals surface area contributed by atoms with Crippen LogP contribution in [0.3, 0.4) is 0 Å². The molecule has 0 aromatic heterocycles. The highest BCUT2D eigenvalue weighted by Gasteiger charge is 2.15. The van der Waals surface area contributed by atoms with E-state index in [0.29, 0.717) is 0 Å². The van der Waals surface area contributed by atoms with Gasteiger partial charge in [-0.3, -0.25) is 0 Å². The van der Waals surface area contributed by atoms with Crippen molar-refractivity contribution < 1.29 is 18.3 Å². The Labute approximate surface area is 86.8 Å². The van der Waals surface area contributed by atoms with Crippen molar-refractivity contribution in [1.29, 1.82) is 0 Å². The van der Waals surface area contributed by atoms with Crippen LogP contribution in [-0.4, -0.2) is 26.5 Å². The first-order valence-electron chi connectivity index (χ1n) is 3.95. The van der Waals surface area contributed by atoms with Crippen molar-refractivity contribution in [3.8, 4) is 0 Å². The molecule has 1 aromatic carbocycles. The lowest BCUT2D eigenvalue weighted by Gasteiger charge is -2.05. The van der Waals surface area contributed by atoms with E-state index in [1.54, 1.807) is 0 Å². The van der Waals surface area contributed by atoms with Crippen LogP contribution in [-0.2, 0) is 10.0 Å². The Morgan fingerprint density at radius 2 is 2.07 bits per heavy atom. The number of nitrogens with two attached hydrogens (primary N) is 1. The predicted molar refractivity (Wildman–Crippen MR) is 54.1 cm³/mol. The zero-order chi connectivity index (χ0) is 11.6. The molecular weight excluding hydrogens is 220 g/mol.